The van der Waals surface area contributed by atoms with Gasteiger partial charge in [0.2, 0.25) is 0 Å². The van der Waals surface area contributed by atoms with Crippen molar-refractivity contribution in [1.29, 1.82) is 0 Å². The number of nitrogens with two attached hydrogens (primary N) is 1. The molecular formula is C9H15N3S. The molecule has 1 rings (SSSR count). The summed E-state index contributed by atoms with van der Waals surface area (Å²) in [6, 6.07) is 5.82. The lowest BCUT2D eigenvalue weighted by atomic mass is 10.4. The van der Waals surface area contributed by atoms with E-state index in [-0.39, 0.29) is 0 Å². The number of hydrazine groups is 1. The SMILES string of the molecule is CC(C)SCc1cccc(NN)n1. The average Bonchev–Trinajstić information content (AvgIpc) is 2.15. The molecule has 0 aliphatic carbocycles. The minimum Gasteiger partial charge on any atom is -0.308 e. The number of anilines is 1. The summed E-state index contributed by atoms with van der Waals surface area (Å²) < 4.78 is 0. The number of hydrogen-bond acceptors (Lipinski definition) is 4. The van der Waals surface area contributed by atoms with Gasteiger partial charge in [0, 0.05) is 5.75 Å². The second kappa shape index (κ2) is 5.09. The van der Waals surface area contributed by atoms with Crippen molar-refractivity contribution in [2.24, 2.45) is 5.84 Å². The van der Waals surface area contributed by atoms with Crippen LogP contribution in [0.25, 0.3) is 0 Å². The third kappa shape index (κ3) is 3.65. The first-order valence-corrected chi connectivity index (χ1v) is 5.31. The van der Waals surface area contributed by atoms with Crippen molar-refractivity contribution < 1.29 is 0 Å². The Morgan fingerprint density at radius 1 is 1.54 bits per heavy atom. The van der Waals surface area contributed by atoms with Gasteiger partial charge in [-0.25, -0.2) is 10.8 Å². The Kier molecular flexibility index (Phi) is 4.05. The van der Waals surface area contributed by atoms with Gasteiger partial charge < -0.3 is 5.43 Å². The van der Waals surface area contributed by atoms with Gasteiger partial charge in [-0.15, -0.1) is 0 Å². The van der Waals surface area contributed by atoms with Crippen LogP contribution in [-0.4, -0.2) is 10.2 Å². The lowest BCUT2D eigenvalue weighted by Crippen LogP contribution is -2.09. The van der Waals surface area contributed by atoms with E-state index in [0.717, 1.165) is 17.3 Å². The molecular weight excluding hydrogens is 182 g/mol. The van der Waals surface area contributed by atoms with Crippen LogP contribution in [0.4, 0.5) is 5.82 Å². The molecule has 0 aliphatic heterocycles. The highest BCUT2D eigenvalue weighted by atomic mass is 32.2. The summed E-state index contributed by atoms with van der Waals surface area (Å²) in [5, 5.41) is 0.635. The van der Waals surface area contributed by atoms with E-state index >= 15 is 0 Å². The maximum Gasteiger partial charge on any atom is 0.140 e. The normalized spacial score (nSPS) is 10.5. The molecule has 3 nitrogen and oxygen atoms in total. The van der Waals surface area contributed by atoms with Gasteiger partial charge in [-0.1, -0.05) is 19.9 Å². The first-order valence-electron chi connectivity index (χ1n) is 4.26. The smallest absolute Gasteiger partial charge is 0.140 e. The van der Waals surface area contributed by atoms with Gasteiger partial charge in [-0.05, 0) is 17.4 Å². The van der Waals surface area contributed by atoms with Crippen molar-refractivity contribution in [1.82, 2.24) is 4.98 Å². The standard InChI is InChI=1S/C9H15N3S/c1-7(2)13-6-8-4-3-5-9(11-8)12-10/h3-5,7H,6,10H2,1-2H3,(H,11,12). The third-order valence-corrected chi connectivity index (χ3v) is 2.65. The average molecular weight is 197 g/mol. The number of aromatic nitrogens is 1. The van der Waals surface area contributed by atoms with Crippen molar-refractivity contribution in [3.8, 4) is 0 Å². The molecule has 0 unspecified atom stereocenters. The first kappa shape index (κ1) is 10.3. The first-order chi connectivity index (χ1) is 6.22. The van der Waals surface area contributed by atoms with Crippen LogP contribution in [0.5, 0.6) is 0 Å². The summed E-state index contributed by atoms with van der Waals surface area (Å²) in [5.74, 6) is 6.92. The van der Waals surface area contributed by atoms with Gasteiger partial charge in [0.15, 0.2) is 0 Å². The zero-order valence-electron chi connectivity index (χ0n) is 7.95. The van der Waals surface area contributed by atoms with E-state index in [1.807, 2.05) is 30.0 Å². The van der Waals surface area contributed by atoms with Crippen molar-refractivity contribution in [2.75, 3.05) is 5.43 Å². The Bertz CT molecular complexity index is 263. The fourth-order valence-electron chi connectivity index (χ4n) is 0.892. The molecule has 0 saturated carbocycles. The Morgan fingerprint density at radius 2 is 2.31 bits per heavy atom. The quantitative estimate of drug-likeness (QED) is 0.572. The minimum absolute atomic E-state index is 0.635. The van der Waals surface area contributed by atoms with E-state index in [0.29, 0.717) is 5.25 Å². The summed E-state index contributed by atoms with van der Waals surface area (Å²) in [5.41, 5.74) is 3.60. The lowest BCUT2D eigenvalue weighted by molar-refractivity contribution is 1.09. The predicted molar refractivity (Wildman–Crippen MR) is 58.5 cm³/mol. The molecule has 13 heavy (non-hydrogen) atoms. The van der Waals surface area contributed by atoms with E-state index in [2.05, 4.69) is 24.3 Å². The van der Waals surface area contributed by atoms with Gasteiger partial charge in [0.25, 0.3) is 0 Å². The maximum atomic E-state index is 5.26. The molecule has 0 aromatic carbocycles. The molecule has 1 aromatic heterocycles. The highest BCUT2D eigenvalue weighted by Crippen LogP contribution is 2.16. The van der Waals surface area contributed by atoms with Crippen LogP contribution in [0.15, 0.2) is 18.2 Å². The van der Waals surface area contributed by atoms with Crippen molar-refractivity contribution >= 4 is 17.6 Å². The van der Waals surface area contributed by atoms with Gasteiger partial charge in [0.1, 0.15) is 5.82 Å². The second-order valence-corrected chi connectivity index (χ2v) is 4.58. The van der Waals surface area contributed by atoms with Crippen LogP contribution in [0.2, 0.25) is 0 Å². The number of rotatable bonds is 4. The Labute approximate surface area is 83.1 Å². The van der Waals surface area contributed by atoms with Gasteiger partial charge >= 0.3 is 0 Å². The minimum atomic E-state index is 0.635. The molecule has 0 spiro atoms. The number of nitrogens with one attached hydrogen (secondary N) is 1. The fraction of sp³-hybridized carbons (Fsp3) is 0.444. The number of nitrogen functional groups attached to an aromatic ring is 1. The van der Waals surface area contributed by atoms with Crippen molar-refractivity contribution in [3.05, 3.63) is 23.9 Å². The zero-order valence-corrected chi connectivity index (χ0v) is 8.77. The predicted octanol–water partition coefficient (Wildman–Crippen LogP) is 2.01. The molecule has 0 aliphatic rings. The van der Waals surface area contributed by atoms with E-state index in [1.165, 1.54) is 0 Å². The zero-order chi connectivity index (χ0) is 9.68. The van der Waals surface area contributed by atoms with E-state index in [4.69, 9.17) is 5.84 Å². The van der Waals surface area contributed by atoms with Crippen LogP contribution in [0.3, 0.4) is 0 Å². The molecule has 4 heteroatoms. The van der Waals surface area contributed by atoms with Gasteiger partial charge in [-0.3, -0.25) is 0 Å². The summed E-state index contributed by atoms with van der Waals surface area (Å²) >= 11 is 1.87. The maximum absolute atomic E-state index is 5.26. The summed E-state index contributed by atoms with van der Waals surface area (Å²) in [6.45, 7) is 4.35. The number of thioether (sulfide) groups is 1. The van der Waals surface area contributed by atoms with Crippen LogP contribution in [0.1, 0.15) is 19.5 Å². The van der Waals surface area contributed by atoms with E-state index in [9.17, 15) is 0 Å². The topological polar surface area (TPSA) is 50.9 Å². The Balaban J connectivity index is 2.56. The van der Waals surface area contributed by atoms with Crippen LogP contribution < -0.4 is 11.3 Å². The third-order valence-electron chi connectivity index (χ3n) is 1.52. The molecule has 0 atom stereocenters. The fourth-order valence-corrected chi connectivity index (χ4v) is 1.56. The molecule has 0 amide bonds. The Hall–Kier alpha value is -0.740. The van der Waals surface area contributed by atoms with E-state index < -0.39 is 0 Å². The highest BCUT2D eigenvalue weighted by molar-refractivity contribution is 7.99. The monoisotopic (exact) mass is 197 g/mol. The Morgan fingerprint density at radius 3 is 2.92 bits per heavy atom. The van der Waals surface area contributed by atoms with Crippen LogP contribution in [-0.2, 0) is 5.75 Å². The molecule has 0 saturated heterocycles. The molecule has 72 valence electrons. The molecule has 0 radical (unpaired) electrons. The molecule has 1 aromatic rings. The van der Waals surface area contributed by atoms with Crippen molar-refractivity contribution in [2.45, 2.75) is 24.9 Å². The number of pyridine rings is 1. The number of hydrogen-bond donors (Lipinski definition) is 2. The second-order valence-electron chi connectivity index (χ2n) is 3.02. The largest absolute Gasteiger partial charge is 0.308 e. The number of nitrogens with zero attached hydrogens (tertiary/aromatic N) is 1. The van der Waals surface area contributed by atoms with Gasteiger partial charge in [0.05, 0.1) is 5.69 Å². The van der Waals surface area contributed by atoms with E-state index in [1.54, 1.807) is 0 Å². The summed E-state index contributed by atoms with van der Waals surface area (Å²) in [7, 11) is 0. The van der Waals surface area contributed by atoms with Crippen LogP contribution >= 0.6 is 11.8 Å². The van der Waals surface area contributed by atoms with Crippen molar-refractivity contribution in [3.63, 3.8) is 0 Å². The molecule has 0 bridgehead atoms. The van der Waals surface area contributed by atoms with Crippen LogP contribution in [0, 0.1) is 0 Å². The lowest BCUT2D eigenvalue weighted by Gasteiger charge is -2.05. The summed E-state index contributed by atoms with van der Waals surface area (Å²) in [4.78, 5) is 4.31. The molecule has 1 heterocycles. The molecule has 0 fully saturated rings. The molecule has 3 N–H and O–H groups in total. The van der Waals surface area contributed by atoms with Gasteiger partial charge in [-0.2, -0.15) is 11.8 Å². The summed E-state index contributed by atoms with van der Waals surface area (Å²) in [6.07, 6.45) is 0. The highest BCUT2D eigenvalue weighted by Gasteiger charge is 1.98.